The Balaban J connectivity index is 2.01. The van der Waals surface area contributed by atoms with Crippen molar-refractivity contribution in [1.29, 1.82) is 0 Å². The lowest BCUT2D eigenvalue weighted by Crippen LogP contribution is -2.27. The first-order chi connectivity index (χ1) is 5.31. The van der Waals surface area contributed by atoms with Gasteiger partial charge in [-0.2, -0.15) is 0 Å². The minimum Gasteiger partial charge on any atom is -0.339 e. The first kappa shape index (κ1) is 6.89. The summed E-state index contributed by atoms with van der Waals surface area (Å²) in [6.45, 7) is 4.64. The van der Waals surface area contributed by atoms with Crippen LogP contribution in [-0.4, -0.2) is 23.4 Å². The van der Waals surface area contributed by atoms with E-state index in [9.17, 15) is 4.79 Å². The number of carbonyl (C=O) groups is 1. The average Bonchev–Trinajstić information content (AvgIpc) is 2.76. The van der Waals surface area contributed by atoms with Gasteiger partial charge in [-0.3, -0.25) is 4.79 Å². The summed E-state index contributed by atoms with van der Waals surface area (Å²) in [6.07, 6.45) is 5.03. The second-order valence-corrected chi connectivity index (χ2v) is 3.48. The van der Waals surface area contributed by atoms with Crippen LogP contribution in [0.4, 0.5) is 0 Å². The molecule has 2 rings (SSSR count). The van der Waals surface area contributed by atoms with Crippen LogP contribution in [0.2, 0.25) is 0 Å². The Kier molecular flexibility index (Phi) is 1.48. The number of hydrogen-bond donors (Lipinski definition) is 0. The molecule has 0 spiro atoms. The third-order valence-electron chi connectivity index (χ3n) is 2.51. The number of carbonyl (C=O) groups excluding carboxylic acids is 1. The highest BCUT2D eigenvalue weighted by Gasteiger charge is 2.38. The molecule has 1 saturated heterocycles. The van der Waals surface area contributed by atoms with E-state index in [-0.39, 0.29) is 0 Å². The third-order valence-corrected chi connectivity index (χ3v) is 2.51. The van der Waals surface area contributed by atoms with Gasteiger partial charge in [0.2, 0.25) is 5.91 Å². The summed E-state index contributed by atoms with van der Waals surface area (Å²) in [4.78, 5) is 13.3. The fourth-order valence-corrected chi connectivity index (χ4v) is 1.66. The summed E-state index contributed by atoms with van der Waals surface area (Å²) in [7, 11) is 0. The monoisotopic (exact) mass is 151 g/mol. The summed E-state index contributed by atoms with van der Waals surface area (Å²) < 4.78 is 0. The standard InChI is InChI=1S/C9H13NO/c1-2-7-5-9(11)10(6-7)8-3-4-8/h2,7-8H,1,3-6H2. The van der Waals surface area contributed by atoms with Crippen LogP contribution < -0.4 is 0 Å². The molecular formula is C9H13NO. The molecule has 0 bridgehead atoms. The lowest BCUT2D eigenvalue weighted by atomic mass is 10.1. The van der Waals surface area contributed by atoms with Crippen LogP contribution in [0.25, 0.3) is 0 Å². The number of amides is 1. The number of likely N-dealkylation sites (tertiary alicyclic amines) is 1. The summed E-state index contributed by atoms with van der Waals surface area (Å²) >= 11 is 0. The highest BCUT2D eigenvalue weighted by Crippen LogP contribution is 2.32. The van der Waals surface area contributed by atoms with Crippen molar-refractivity contribution in [2.45, 2.75) is 25.3 Å². The Morgan fingerprint density at radius 3 is 2.73 bits per heavy atom. The Hall–Kier alpha value is -0.790. The second kappa shape index (κ2) is 2.36. The molecule has 1 unspecified atom stereocenters. The maximum Gasteiger partial charge on any atom is 0.223 e. The molecule has 1 saturated carbocycles. The molecule has 1 aliphatic carbocycles. The van der Waals surface area contributed by atoms with E-state index in [1.807, 2.05) is 11.0 Å². The Morgan fingerprint density at radius 1 is 1.55 bits per heavy atom. The van der Waals surface area contributed by atoms with Crippen molar-refractivity contribution in [1.82, 2.24) is 4.90 Å². The van der Waals surface area contributed by atoms with Crippen LogP contribution in [0.15, 0.2) is 12.7 Å². The summed E-state index contributed by atoms with van der Waals surface area (Å²) in [5.41, 5.74) is 0. The van der Waals surface area contributed by atoms with Crippen LogP contribution in [0.1, 0.15) is 19.3 Å². The molecule has 0 aromatic rings. The largest absolute Gasteiger partial charge is 0.339 e. The lowest BCUT2D eigenvalue weighted by Gasteiger charge is -2.13. The van der Waals surface area contributed by atoms with Crippen molar-refractivity contribution in [2.75, 3.05) is 6.54 Å². The van der Waals surface area contributed by atoms with Gasteiger partial charge < -0.3 is 4.90 Å². The normalized spacial score (nSPS) is 31.1. The summed E-state index contributed by atoms with van der Waals surface area (Å²) in [6, 6.07) is 0.590. The molecular weight excluding hydrogens is 138 g/mol. The molecule has 2 aliphatic rings. The van der Waals surface area contributed by atoms with Crippen molar-refractivity contribution >= 4 is 5.91 Å². The average molecular weight is 151 g/mol. The zero-order valence-corrected chi connectivity index (χ0v) is 6.62. The molecule has 0 N–H and O–H groups in total. The quantitative estimate of drug-likeness (QED) is 0.543. The molecule has 0 aromatic heterocycles. The Labute approximate surface area is 66.9 Å². The van der Waals surface area contributed by atoms with E-state index in [1.54, 1.807) is 0 Å². The van der Waals surface area contributed by atoms with E-state index in [0.717, 1.165) is 6.54 Å². The fourth-order valence-electron chi connectivity index (χ4n) is 1.66. The molecule has 0 aromatic carbocycles. The molecule has 1 atom stereocenters. The van der Waals surface area contributed by atoms with E-state index in [2.05, 4.69) is 6.58 Å². The van der Waals surface area contributed by atoms with Gasteiger partial charge in [0.15, 0.2) is 0 Å². The van der Waals surface area contributed by atoms with Gasteiger partial charge in [0.1, 0.15) is 0 Å². The highest BCUT2D eigenvalue weighted by molar-refractivity contribution is 5.79. The van der Waals surface area contributed by atoms with Gasteiger partial charge in [-0.15, -0.1) is 6.58 Å². The molecule has 60 valence electrons. The first-order valence-corrected chi connectivity index (χ1v) is 4.23. The molecule has 1 amide bonds. The zero-order chi connectivity index (χ0) is 7.84. The van der Waals surface area contributed by atoms with E-state index in [0.29, 0.717) is 24.3 Å². The Morgan fingerprint density at radius 2 is 2.27 bits per heavy atom. The van der Waals surface area contributed by atoms with Crippen LogP contribution in [0.3, 0.4) is 0 Å². The van der Waals surface area contributed by atoms with Gasteiger partial charge in [-0.25, -0.2) is 0 Å². The molecule has 2 nitrogen and oxygen atoms in total. The summed E-state index contributed by atoms with van der Waals surface area (Å²) in [5, 5.41) is 0. The van der Waals surface area contributed by atoms with E-state index in [1.165, 1.54) is 12.8 Å². The van der Waals surface area contributed by atoms with Gasteiger partial charge in [-0.1, -0.05) is 6.08 Å². The predicted octanol–water partition coefficient (Wildman–Crippen LogP) is 1.18. The van der Waals surface area contributed by atoms with E-state index in [4.69, 9.17) is 0 Å². The van der Waals surface area contributed by atoms with Crippen molar-refractivity contribution in [3.8, 4) is 0 Å². The molecule has 0 radical (unpaired) electrons. The van der Waals surface area contributed by atoms with Gasteiger partial charge in [0.25, 0.3) is 0 Å². The van der Waals surface area contributed by atoms with Gasteiger partial charge in [0, 0.05) is 24.9 Å². The van der Waals surface area contributed by atoms with Crippen molar-refractivity contribution < 1.29 is 4.79 Å². The van der Waals surface area contributed by atoms with Crippen LogP contribution in [0.5, 0.6) is 0 Å². The number of nitrogens with zero attached hydrogens (tertiary/aromatic N) is 1. The maximum atomic E-state index is 11.3. The van der Waals surface area contributed by atoms with Crippen molar-refractivity contribution in [3.05, 3.63) is 12.7 Å². The van der Waals surface area contributed by atoms with Gasteiger partial charge in [0.05, 0.1) is 0 Å². The van der Waals surface area contributed by atoms with Gasteiger partial charge in [-0.05, 0) is 12.8 Å². The third kappa shape index (κ3) is 1.17. The molecule has 1 aliphatic heterocycles. The highest BCUT2D eigenvalue weighted by atomic mass is 16.2. The van der Waals surface area contributed by atoms with Crippen LogP contribution in [0, 0.1) is 5.92 Å². The Bertz CT molecular complexity index is 196. The number of rotatable bonds is 2. The van der Waals surface area contributed by atoms with Crippen molar-refractivity contribution in [3.63, 3.8) is 0 Å². The minimum absolute atomic E-state index is 0.331. The van der Waals surface area contributed by atoms with Crippen LogP contribution >= 0.6 is 0 Å². The minimum atomic E-state index is 0.331. The second-order valence-electron chi connectivity index (χ2n) is 3.48. The maximum absolute atomic E-state index is 11.3. The first-order valence-electron chi connectivity index (χ1n) is 4.23. The van der Waals surface area contributed by atoms with E-state index < -0.39 is 0 Å². The smallest absolute Gasteiger partial charge is 0.223 e. The zero-order valence-electron chi connectivity index (χ0n) is 6.62. The fraction of sp³-hybridized carbons (Fsp3) is 0.667. The van der Waals surface area contributed by atoms with Crippen LogP contribution in [-0.2, 0) is 4.79 Å². The van der Waals surface area contributed by atoms with Gasteiger partial charge >= 0.3 is 0 Å². The SMILES string of the molecule is C=CC1CC(=O)N(C2CC2)C1. The van der Waals surface area contributed by atoms with E-state index >= 15 is 0 Å². The lowest BCUT2D eigenvalue weighted by molar-refractivity contribution is -0.128. The molecule has 2 fully saturated rings. The number of hydrogen-bond acceptors (Lipinski definition) is 1. The molecule has 1 heterocycles. The van der Waals surface area contributed by atoms with Crippen molar-refractivity contribution in [2.24, 2.45) is 5.92 Å². The topological polar surface area (TPSA) is 20.3 Å². The summed E-state index contributed by atoms with van der Waals surface area (Å²) in [5.74, 6) is 0.750. The molecule has 2 heteroatoms. The predicted molar refractivity (Wildman–Crippen MR) is 43.0 cm³/mol. The molecule has 11 heavy (non-hydrogen) atoms.